The Bertz CT molecular complexity index is 1300. The number of rotatable bonds is 8. The van der Waals surface area contributed by atoms with Crippen molar-refractivity contribution in [1.29, 1.82) is 0 Å². The molecule has 178 valence electrons. The van der Waals surface area contributed by atoms with Crippen molar-refractivity contribution in [2.45, 2.75) is 31.8 Å². The van der Waals surface area contributed by atoms with Gasteiger partial charge in [0.1, 0.15) is 5.75 Å². The van der Waals surface area contributed by atoms with Crippen LogP contribution in [0.15, 0.2) is 71.6 Å². The average molecular weight is 483 g/mol. The number of carbonyl (C=O) groups is 2. The molecule has 0 bridgehead atoms. The van der Waals surface area contributed by atoms with E-state index < -0.39 is 28.0 Å². The smallest absolute Gasteiger partial charge is 0.338 e. The predicted molar refractivity (Wildman–Crippen MR) is 130 cm³/mol. The summed E-state index contributed by atoms with van der Waals surface area (Å²) in [7, 11) is -2.37. The minimum atomic E-state index is -3.85. The van der Waals surface area contributed by atoms with Crippen LogP contribution in [0.4, 0.5) is 11.4 Å². The molecular weight excluding hydrogens is 456 g/mol. The zero-order valence-electron chi connectivity index (χ0n) is 19.3. The molecular formula is C25H26N2O6S. The molecule has 0 fully saturated rings. The van der Waals surface area contributed by atoms with Crippen molar-refractivity contribution in [3.63, 3.8) is 0 Å². The van der Waals surface area contributed by atoms with Gasteiger partial charge in [0.2, 0.25) is 0 Å². The Morgan fingerprint density at radius 1 is 0.882 bits per heavy atom. The van der Waals surface area contributed by atoms with Crippen LogP contribution in [0.2, 0.25) is 0 Å². The van der Waals surface area contributed by atoms with Gasteiger partial charge < -0.3 is 14.8 Å². The van der Waals surface area contributed by atoms with Crippen LogP contribution in [0.5, 0.6) is 5.75 Å². The molecule has 1 unspecified atom stereocenters. The number of amides is 1. The highest BCUT2D eigenvalue weighted by Gasteiger charge is 2.21. The Balaban J connectivity index is 1.66. The molecule has 9 heteroatoms. The number of hydrogen-bond donors (Lipinski definition) is 2. The van der Waals surface area contributed by atoms with Crippen molar-refractivity contribution in [1.82, 2.24) is 0 Å². The first-order valence-corrected chi connectivity index (χ1v) is 11.9. The van der Waals surface area contributed by atoms with Gasteiger partial charge in [-0.3, -0.25) is 9.52 Å². The van der Waals surface area contributed by atoms with E-state index in [-0.39, 0.29) is 10.5 Å². The van der Waals surface area contributed by atoms with Gasteiger partial charge in [-0.15, -0.1) is 0 Å². The van der Waals surface area contributed by atoms with Crippen LogP contribution in [0.3, 0.4) is 0 Å². The lowest BCUT2D eigenvalue weighted by Crippen LogP contribution is -2.30. The maximum absolute atomic E-state index is 12.7. The Morgan fingerprint density at radius 3 is 2.21 bits per heavy atom. The normalized spacial score (nSPS) is 11.9. The summed E-state index contributed by atoms with van der Waals surface area (Å²) in [5.41, 5.74) is 2.83. The summed E-state index contributed by atoms with van der Waals surface area (Å²) in [5, 5.41) is 2.65. The van der Waals surface area contributed by atoms with Crippen LogP contribution in [-0.4, -0.2) is 33.5 Å². The highest BCUT2D eigenvalue weighted by atomic mass is 32.2. The molecule has 3 aromatic rings. The van der Waals surface area contributed by atoms with E-state index in [1.807, 2.05) is 19.9 Å². The van der Waals surface area contributed by atoms with Gasteiger partial charge in [0.25, 0.3) is 15.9 Å². The van der Waals surface area contributed by atoms with Crippen molar-refractivity contribution >= 4 is 33.3 Å². The number of benzene rings is 3. The Morgan fingerprint density at radius 2 is 1.53 bits per heavy atom. The highest BCUT2D eigenvalue weighted by Crippen LogP contribution is 2.24. The second-order valence-electron chi connectivity index (χ2n) is 7.61. The third kappa shape index (κ3) is 5.74. The van der Waals surface area contributed by atoms with Crippen molar-refractivity contribution in [3.05, 3.63) is 83.4 Å². The largest absolute Gasteiger partial charge is 0.495 e. The van der Waals surface area contributed by atoms with E-state index in [9.17, 15) is 18.0 Å². The van der Waals surface area contributed by atoms with Crippen LogP contribution < -0.4 is 14.8 Å². The monoisotopic (exact) mass is 482 g/mol. The van der Waals surface area contributed by atoms with Gasteiger partial charge in [-0.25, -0.2) is 13.2 Å². The quantitative estimate of drug-likeness (QED) is 0.463. The zero-order chi connectivity index (χ0) is 24.9. The fraction of sp³-hybridized carbons (Fsp3) is 0.200. The lowest BCUT2D eigenvalue weighted by molar-refractivity contribution is -0.123. The molecule has 3 rings (SSSR count). The molecule has 0 aliphatic heterocycles. The number of nitrogens with one attached hydrogen (secondary N) is 2. The fourth-order valence-corrected chi connectivity index (χ4v) is 4.22. The molecule has 3 aromatic carbocycles. The van der Waals surface area contributed by atoms with Gasteiger partial charge >= 0.3 is 5.97 Å². The molecule has 2 N–H and O–H groups in total. The number of carbonyl (C=O) groups excluding carboxylic acids is 2. The molecule has 8 nitrogen and oxygen atoms in total. The highest BCUT2D eigenvalue weighted by molar-refractivity contribution is 7.92. The maximum Gasteiger partial charge on any atom is 0.338 e. The topological polar surface area (TPSA) is 111 Å². The molecule has 1 amide bonds. The van der Waals surface area contributed by atoms with E-state index in [1.165, 1.54) is 38.3 Å². The lowest BCUT2D eigenvalue weighted by atomic mass is 10.1. The summed E-state index contributed by atoms with van der Waals surface area (Å²) < 4.78 is 38.5. The van der Waals surface area contributed by atoms with E-state index in [4.69, 9.17) is 9.47 Å². The first kappa shape index (κ1) is 24.8. The van der Waals surface area contributed by atoms with Crippen LogP contribution in [0.25, 0.3) is 0 Å². The summed E-state index contributed by atoms with van der Waals surface area (Å²) in [5.74, 6) is -0.815. The standard InChI is InChI=1S/C25H26N2O6S/c1-16-8-7-10-21(17(16)2)27-34(30,31)20-14-12-19(13-15-20)25(29)33-18(3)24(28)26-22-9-5-6-11-23(22)32-4/h5-15,18,27H,1-4H3,(H,26,28). The van der Waals surface area contributed by atoms with Crippen molar-refractivity contribution in [2.24, 2.45) is 0 Å². The number of aryl methyl sites for hydroxylation is 1. The van der Waals surface area contributed by atoms with Gasteiger partial charge in [0.05, 0.1) is 28.9 Å². The number of anilines is 2. The first-order valence-electron chi connectivity index (χ1n) is 10.5. The molecule has 0 radical (unpaired) electrons. The minimum Gasteiger partial charge on any atom is -0.495 e. The molecule has 0 saturated carbocycles. The van der Waals surface area contributed by atoms with E-state index in [0.29, 0.717) is 17.1 Å². The zero-order valence-corrected chi connectivity index (χ0v) is 20.1. The third-order valence-corrected chi connectivity index (χ3v) is 6.65. The van der Waals surface area contributed by atoms with Gasteiger partial charge in [0.15, 0.2) is 6.10 Å². The Labute approximate surface area is 199 Å². The molecule has 0 aliphatic carbocycles. The van der Waals surface area contributed by atoms with E-state index in [0.717, 1.165) is 11.1 Å². The van der Waals surface area contributed by atoms with E-state index in [1.54, 1.807) is 36.4 Å². The van der Waals surface area contributed by atoms with Crippen LogP contribution in [0, 0.1) is 13.8 Å². The summed E-state index contributed by atoms with van der Waals surface area (Å²) in [4.78, 5) is 24.9. The average Bonchev–Trinajstić information content (AvgIpc) is 2.82. The summed E-state index contributed by atoms with van der Waals surface area (Å²) in [6, 6.07) is 17.5. The minimum absolute atomic E-state index is 0.00748. The number of hydrogen-bond acceptors (Lipinski definition) is 6. The Hall–Kier alpha value is -3.85. The summed E-state index contributed by atoms with van der Waals surface area (Å²) in [6.07, 6.45) is -1.09. The third-order valence-electron chi connectivity index (χ3n) is 5.27. The van der Waals surface area contributed by atoms with Gasteiger partial charge in [0, 0.05) is 0 Å². The number of sulfonamides is 1. The molecule has 0 saturated heterocycles. The van der Waals surface area contributed by atoms with Crippen molar-refractivity contribution in [2.75, 3.05) is 17.1 Å². The number of methoxy groups -OCH3 is 1. The number of para-hydroxylation sites is 2. The SMILES string of the molecule is COc1ccccc1NC(=O)C(C)OC(=O)c1ccc(S(=O)(=O)Nc2cccc(C)c2C)cc1. The summed E-state index contributed by atoms with van der Waals surface area (Å²) >= 11 is 0. The molecule has 0 aliphatic rings. The van der Waals surface area contributed by atoms with Crippen molar-refractivity contribution < 1.29 is 27.5 Å². The number of ether oxygens (including phenoxy) is 2. The molecule has 0 aromatic heterocycles. The summed E-state index contributed by atoms with van der Waals surface area (Å²) in [6.45, 7) is 5.16. The van der Waals surface area contributed by atoms with Crippen LogP contribution >= 0.6 is 0 Å². The first-order chi connectivity index (χ1) is 16.1. The van der Waals surface area contributed by atoms with E-state index >= 15 is 0 Å². The van der Waals surface area contributed by atoms with Crippen LogP contribution in [0.1, 0.15) is 28.4 Å². The predicted octanol–water partition coefficient (Wildman–Crippen LogP) is 4.30. The van der Waals surface area contributed by atoms with Gasteiger partial charge in [-0.1, -0.05) is 24.3 Å². The maximum atomic E-state index is 12.7. The second kappa shape index (κ2) is 10.4. The molecule has 0 spiro atoms. The van der Waals surface area contributed by atoms with E-state index in [2.05, 4.69) is 10.0 Å². The number of esters is 1. The second-order valence-corrected chi connectivity index (χ2v) is 9.30. The van der Waals surface area contributed by atoms with Gasteiger partial charge in [-0.05, 0) is 74.4 Å². The molecule has 0 heterocycles. The van der Waals surface area contributed by atoms with Crippen molar-refractivity contribution in [3.8, 4) is 5.75 Å². The molecule has 34 heavy (non-hydrogen) atoms. The van der Waals surface area contributed by atoms with Crippen LogP contribution in [-0.2, 0) is 19.6 Å². The fourth-order valence-electron chi connectivity index (χ4n) is 3.10. The van der Waals surface area contributed by atoms with Gasteiger partial charge in [-0.2, -0.15) is 0 Å². The lowest BCUT2D eigenvalue weighted by Gasteiger charge is -2.15. The Kier molecular flexibility index (Phi) is 7.57. The molecule has 1 atom stereocenters.